The van der Waals surface area contributed by atoms with Crippen molar-refractivity contribution in [3.63, 3.8) is 0 Å². The molecule has 0 saturated heterocycles. The first-order valence-electron chi connectivity index (χ1n) is 7.94. The molecule has 128 valence electrons. The topological polar surface area (TPSA) is 71.1 Å². The van der Waals surface area contributed by atoms with Crippen LogP contribution >= 0.6 is 0 Å². The fraction of sp³-hybridized carbons (Fsp3) is 0.875. The number of hydrogen-bond acceptors (Lipinski definition) is 6. The maximum atomic E-state index is 10.8. The zero-order valence-corrected chi connectivity index (χ0v) is 14.0. The molecule has 0 aromatic heterocycles. The third kappa shape index (κ3) is 8.34. The van der Waals surface area contributed by atoms with Gasteiger partial charge in [0.1, 0.15) is 0 Å². The molecule has 22 heavy (non-hydrogen) atoms. The predicted octanol–water partition coefficient (Wildman–Crippen LogP) is 2.64. The Morgan fingerprint density at radius 2 is 1.14 bits per heavy atom. The molecular weight excluding hydrogens is 288 g/mol. The van der Waals surface area contributed by atoms with Gasteiger partial charge >= 0.3 is 11.9 Å². The Kier molecular flexibility index (Phi) is 8.42. The molecule has 1 aliphatic carbocycles. The molecule has 0 aliphatic heterocycles. The Morgan fingerprint density at radius 1 is 0.818 bits per heavy atom. The van der Waals surface area contributed by atoms with Crippen LogP contribution in [0.15, 0.2) is 0 Å². The Bertz CT molecular complexity index is 315. The minimum absolute atomic E-state index is 0.324. The summed E-state index contributed by atoms with van der Waals surface area (Å²) in [5.74, 6) is 0.353. The number of carbonyl (C=O) groups excluding carboxylic acids is 2. The zero-order valence-electron chi connectivity index (χ0n) is 14.0. The van der Waals surface area contributed by atoms with Gasteiger partial charge < -0.3 is 18.9 Å². The molecule has 0 radical (unpaired) electrons. The Labute approximate surface area is 132 Å². The van der Waals surface area contributed by atoms with Gasteiger partial charge in [-0.25, -0.2) is 0 Å². The van der Waals surface area contributed by atoms with Gasteiger partial charge in [-0.1, -0.05) is 0 Å². The molecule has 6 nitrogen and oxygen atoms in total. The average Bonchev–Trinajstić information content (AvgIpc) is 2.42. The van der Waals surface area contributed by atoms with Crippen molar-refractivity contribution >= 4 is 11.9 Å². The second kappa shape index (κ2) is 9.79. The van der Waals surface area contributed by atoms with Crippen LogP contribution in [0, 0.1) is 11.8 Å². The normalized spacial score (nSPS) is 24.4. The van der Waals surface area contributed by atoms with E-state index in [0.717, 1.165) is 25.7 Å². The number of rotatable bonds is 8. The van der Waals surface area contributed by atoms with Gasteiger partial charge in [-0.15, -0.1) is 0 Å². The molecule has 0 N–H and O–H groups in total. The highest BCUT2D eigenvalue weighted by Crippen LogP contribution is 2.29. The highest BCUT2D eigenvalue weighted by atomic mass is 16.7. The van der Waals surface area contributed by atoms with Crippen LogP contribution in [0.5, 0.6) is 0 Å². The second-order valence-corrected chi connectivity index (χ2v) is 5.91. The summed E-state index contributed by atoms with van der Waals surface area (Å²) in [6.07, 6.45) is 3.32. The van der Waals surface area contributed by atoms with Crippen LogP contribution in [0.2, 0.25) is 0 Å². The molecule has 0 heterocycles. The van der Waals surface area contributed by atoms with Gasteiger partial charge in [0.05, 0.1) is 13.2 Å². The van der Waals surface area contributed by atoms with Crippen molar-refractivity contribution < 1.29 is 28.5 Å². The van der Waals surface area contributed by atoms with E-state index in [0.29, 0.717) is 25.0 Å². The first kappa shape index (κ1) is 18.9. The summed E-state index contributed by atoms with van der Waals surface area (Å²) in [7, 11) is 0. The molecule has 0 bridgehead atoms. The van der Waals surface area contributed by atoms with E-state index in [1.807, 2.05) is 0 Å². The average molecular weight is 316 g/mol. The second-order valence-electron chi connectivity index (χ2n) is 5.91. The van der Waals surface area contributed by atoms with Crippen molar-refractivity contribution in [3.05, 3.63) is 0 Å². The van der Waals surface area contributed by atoms with E-state index in [-0.39, 0.29) is 11.9 Å². The molecule has 0 aromatic carbocycles. The number of hydrogen-bond donors (Lipinski definition) is 0. The molecule has 0 spiro atoms. The van der Waals surface area contributed by atoms with Gasteiger partial charge in [0.2, 0.25) is 0 Å². The van der Waals surface area contributed by atoms with Crippen LogP contribution in [-0.2, 0) is 28.5 Å². The van der Waals surface area contributed by atoms with Crippen LogP contribution in [0.1, 0.15) is 53.4 Å². The largest absolute Gasteiger partial charge is 0.436 e. The summed E-state index contributed by atoms with van der Waals surface area (Å²) in [5, 5.41) is 0. The minimum Gasteiger partial charge on any atom is -0.436 e. The van der Waals surface area contributed by atoms with E-state index in [2.05, 4.69) is 0 Å². The van der Waals surface area contributed by atoms with E-state index in [4.69, 9.17) is 18.9 Å². The summed E-state index contributed by atoms with van der Waals surface area (Å²) < 4.78 is 20.9. The van der Waals surface area contributed by atoms with Gasteiger partial charge in [0.25, 0.3) is 0 Å². The van der Waals surface area contributed by atoms with Crippen LogP contribution in [0.4, 0.5) is 0 Å². The Balaban J connectivity index is 2.13. The maximum Gasteiger partial charge on any atom is 0.304 e. The predicted molar refractivity (Wildman–Crippen MR) is 79.8 cm³/mol. The molecule has 1 aliphatic rings. The summed E-state index contributed by atoms with van der Waals surface area (Å²) in [4.78, 5) is 21.6. The van der Waals surface area contributed by atoms with E-state index in [1.165, 1.54) is 13.8 Å². The van der Waals surface area contributed by atoms with Crippen molar-refractivity contribution in [2.75, 3.05) is 13.2 Å². The SMILES string of the molecule is CC(=O)OC(C)OCC1CCC(COC(C)OC(C)=O)CC1. The molecule has 1 rings (SSSR count). The molecule has 1 fully saturated rings. The third-order valence-electron chi connectivity index (χ3n) is 3.76. The molecular formula is C16H28O6. The number of esters is 2. The van der Waals surface area contributed by atoms with Crippen LogP contribution in [0.3, 0.4) is 0 Å². The lowest BCUT2D eigenvalue weighted by atomic mass is 9.83. The molecule has 6 heteroatoms. The number of carbonyl (C=O) groups is 2. The first-order chi connectivity index (χ1) is 10.4. The third-order valence-corrected chi connectivity index (χ3v) is 3.76. The smallest absolute Gasteiger partial charge is 0.304 e. The summed E-state index contributed by atoms with van der Waals surface area (Å²) >= 11 is 0. The Hall–Kier alpha value is -1.14. The van der Waals surface area contributed by atoms with Gasteiger partial charge in [-0.05, 0) is 51.4 Å². The first-order valence-corrected chi connectivity index (χ1v) is 7.94. The minimum atomic E-state index is -0.483. The summed E-state index contributed by atoms with van der Waals surface area (Å²) in [5.41, 5.74) is 0. The van der Waals surface area contributed by atoms with Gasteiger partial charge in [-0.3, -0.25) is 9.59 Å². The van der Waals surface area contributed by atoms with Crippen molar-refractivity contribution in [2.24, 2.45) is 11.8 Å². The highest BCUT2D eigenvalue weighted by Gasteiger charge is 2.23. The molecule has 0 aromatic rings. The van der Waals surface area contributed by atoms with E-state index < -0.39 is 12.6 Å². The number of ether oxygens (including phenoxy) is 4. The fourth-order valence-corrected chi connectivity index (χ4v) is 2.64. The van der Waals surface area contributed by atoms with Crippen LogP contribution in [0.25, 0.3) is 0 Å². The lowest BCUT2D eigenvalue weighted by Gasteiger charge is -2.29. The molecule has 1 saturated carbocycles. The lowest BCUT2D eigenvalue weighted by molar-refractivity contribution is -0.178. The van der Waals surface area contributed by atoms with Crippen molar-refractivity contribution in [1.29, 1.82) is 0 Å². The molecule has 0 amide bonds. The van der Waals surface area contributed by atoms with Crippen LogP contribution < -0.4 is 0 Å². The van der Waals surface area contributed by atoms with E-state index >= 15 is 0 Å². The van der Waals surface area contributed by atoms with E-state index in [1.54, 1.807) is 13.8 Å². The van der Waals surface area contributed by atoms with Crippen molar-refractivity contribution in [1.82, 2.24) is 0 Å². The van der Waals surface area contributed by atoms with Gasteiger partial charge in [0, 0.05) is 13.8 Å². The monoisotopic (exact) mass is 316 g/mol. The van der Waals surface area contributed by atoms with Crippen molar-refractivity contribution in [2.45, 2.75) is 66.0 Å². The maximum absolute atomic E-state index is 10.8. The summed E-state index contributed by atoms with van der Waals surface area (Å²) in [6, 6.07) is 0. The molecule has 2 atom stereocenters. The zero-order chi connectivity index (χ0) is 16.5. The lowest BCUT2D eigenvalue weighted by Crippen LogP contribution is -2.26. The quantitative estimate of drug-likeness (QED) is 0.506. The van der Waals surface area contributed by atoms with Crippen LogP contribution in [-0.4, -0.2) is 37.7 Å². The fourth-order valence-electron chi connectivity index (χ4n) is 2.64. The van der Waals surface area contributed by atoms with Gasteiger partial charge in [0.15, 0.2) is 12.6 Å². The summed E-state index contributed by atoms with van der Waals surface area (Å²) in [6.45, 7) is 7.45. The van der Waals surface area contributed by atoms with Gasteiger partial charge in [-0.2, -0.15) is 0 Å². The highest BCUT2D eigenvalue weighted by molar-refractivity contribution is 5.66. The van der Waals surface area contributed by atoms with Crippen molar-refractivity contribution in [3.8, 4) is 0 Å². The standard InChI is InChI=1S/C16H28O6/c1-11(17)21-13(3)19-9-15-5-7-16(8-6-15)10-20-14(4)22-12(2)18/h13-16H,5-10H2,1-4H3. The van der Waals surface area contributed by atoms with E-state index in [9.17, 15) is 9.59 Å². The molecule has 2 unspecified atom stereocenters. The Morgan fingerprint density at radius 3 is 1.41 bits per heavy atom.